The van der Waals surface area contributed by atoms with E-state index in [2.05, 4.69) is 34.8 Å². The van der Waals surface area contributed by atoms with Crippen molar-refractivity contribution in [1.82, 2.24) is 39.0 Å². The largest absolute Gasteiger partial charge is 0.378 e. The number of nitrogens with zero attached hydrogens (tertiary/aromatic N) is 10. The minimum atomic E-state index is 0.129. The van der Waals surface area contributed by atoms with E-state index >= 15 is 0 Å². The highest BCUT2D eigenvalue weighted by Gasteiger charge is 2.22. The molecular formula is C22H24Cl2N10O4. The topological polar surface area (TPSA) is 146 Å². The van der Waals surface area contributed by atoms with Crippen molar-refractivity contribution in [3.63, 3.8) is 0 Å². The van der Waals surface area contributed by atoms with Crippen molar-refractivity contribution in [2.45, 2.75) is 0 Å². The number of fused-ring (bicyclic) bond motifs is 2. The van der Waals surface area contributed by atoms with Crippen molar-refractivity contribution in [3.05, 3.63) is 22.2 Å². The van der Waals surface area contributed by atoms with Gasteiger partial charge in [0.25, 0.3) is 0 Å². The van der Waals surface area contributed by atoms with Gasteiger partial charge in [-0.15, -0.1) is 0 Å². The molecule has 0 bridgehead atoms. The van der Waals surface area contributed by atoms with Crippen molar-refractivity contribution < 1.29 is 19.1 Å². The quantitative estimate of drug-likeness (QED) is 0.261. The number of hydrogen-bond donors (Lipinski definition) is 0. The molecule has 0 aromatic carbocycles. The van der Waals surface area contributed by atoms with E-state index in [1.807, 2.05) is 4.90 Å². The third-order valence-corrected chi connectivity index (χ3v) is 6.60. The standard InChI is InChI=1S/2C11H12ClN5O2/c1-16-7(6-18)13-9-8(16)10(15-11(12)14-9)17-2-4-19-5-3-17;1-16-7(6-18)13-8-9(16)14-11(12)15-10(8)17-2-4-19-5-3-17/h2*6H,2-5H2,1H3. The van der Waals surface area contributed by atoms with Crippen LogP contribution in [0.5, 0.6) is 0 Å². The Labute approximate surface area is 226 Å². The molecule has 4 aromatic rings. The van der Waals surface area contributed by atoms with Crippen LogP contribution in [0, 0.1) is 0 Å². The van der Waals surface area contributed by atoms with Crippen LogP contribution < -0.4 is 9.80 Å². The zero-order valence-corrected chi connectivity index (χ0v) is 22.2. The molecule has 2 aliphatic heterocycles. The van der Waals surface area contributed by atoms with Crippen LogP contribution in [0.4, 0.5) is 11.6 Å². The van der Waals surface area contributed by atoms with E-state index in [-0.39, 0.29) is 10.6 Å². The van der Waals surface area contributed by atoms with Crippen molar-refractivity contribution >= 4 is 69.7 Å². The molecule has 0 unspecified atom stereocenters. The molecule has 6 heterocycles. The molecule has 16 heteroatoms. The van der Waals surface area contributed by atoms with E-state index in [0.29, 0.717) is 84.6 Å². The van der Waals surface area contributed by atoms with Crippen molar-refractivity contribution in [2.75, 3.05) is 62.4 Å². The summed E-state index contributed by atoms with van der Waals surface area (Å²) in [5.41, 5.74) is 2.30. The maximum absolute atomic E-state index is 11.0. The third-order valence-electron chi connectivity index (χ3n) is 6.26. The predicted molar refractivity (Wildman–Crippen MR) is 139 cm³/mol. The van der Waals surface area contributed by atoms with Crippen LogP contribution in [-0.4, -0.2) is 104 Å². The number of hydrogen-bond acceptors (Lipinski definition) is 12. The van der Waals surface area contributed by atoms with Gasteiger partial charge in [0.05, 0.1) is 26.4 Å². The minimum Gasteiger partial charge on any atom is -0.378 e. The van der Waals surface area contributed by atoms with Gasteiger partial charge in [0.2, 0.25) is 10.6 Å². The number of carbonyl (C=O) groups excluding carboxylic acids is 2. The lowest BCUT2D eigenvalue weighted by Crippen LogP contribution is -2.37. The number of carbonyl (C=O) groups is 2. The zero-order chi connectivity index (χ0) is 26.8. The van der Waals surface area contributed by atoms with E-state index in [1.54, 1.807) is 23.2 Å². The number of aryl methyl sites for hydroxylation is 2. The fourth-order valence-corrected chi connectivity index (χ4v) is 4.64. The van der Waals surface area contributed by atoms with Crippen LogP contribution >= 0.6 is 23.2 Å². The van der Waals surface area contributed by atoms with Gasteiger partial charge >= 0.3 is 0 Å². The molecule has 0 spiro atoms. The van der Waals surface area contributed by atoms with Crippen LogP contribution in [0.2, 0.25) is 10.6 Å². The van der Waals surface area contributed by atoms with Gasteiger partial charge in [-0.2, -0.15) is 19.9 Å². The monoisotopic (exact) mass is 562 g/mol. The molecule has 200 valence electrons. The number of morpholine rings is 2. The average Bonchev–Trinajstić information content (AvgIpc) is 3.44. The lowest BCUT2D eigenvalue weighted by Gasteiger charge is -2.28. The summed E-state index contributed by atoms with van der Waals surface area (Å²) in [5.74, 6) is 1.96. The predicted octanol–water partition coefficient (Wildman–Crippen LogP) is 1.33. The third kappa shape index (κ3) is 4.99. The Kier molecular flexibility index (Phi) is 7.65. The van der Waals surface area contributed by atoms with Crippen LogP contribution in [0.15, 0.2) is 0 Å². The van der Waals surface area contributed by atoms with Gasteiger partial charge < -0.3 is 28.4 Å². The van der Waals surface area contributed by atoms with E-state index in [0.717, 1.165) is 26.2 Å². The number of imidazole rings is 2. The molecule has 0 radical (unpaired) electrons. The molecule has 2 aliphatic rings. The van der Waals surface area contributed by atoms with Crippen LogP contribution in [0.25, 0.3) is 22.3 Å². The molecule has 0 N–H and O–H groups in total. The Balaban J connectivity index is 0.000000155. The molecule has 2 fully saturated rings. The normalized spacial score (nSPS) is 16.0. The van der Waals surface area contributed by atoms with Gasteiger partial charge in [0.15, 0.2) is 52.7 Å². The first-order valence-corrected chi connectivity index (χ1v) is 12.5. The second-order valence-electron chi connectivity index (χ2n) is 8.47. The molecule has 14 nitrogen and oxygen atoms in total. The van der Waals surface area contributed by atoms with Gasteiger partial charge in [-0.3, -0.25) is 9.59 Å². The molecule has 0 atom stereocenters. The van der Waals surface area contributed by atoms with Gasteiger partial charge in [0, 0.05) is 40.3 Å². The number of anilines is 2. The van der Waals surface area contributed by atoms with E-state index in [9.17, 15) is 9.59 Å². The number of aromatic nitrogens is 8. The number of halogens is 2. The molecular weight excluding hydrogens is 539 g/mol. The van der Waals surface area contributed by atoms with E-state index in [4.69, 9.17) is 32.7 Å². The Hall–Kier alpha value is -3.46. The highest BCUT2D eigenvalue weighted by Crippen LogP contribution is 2.27. The molecule has 0 saturated carbocycles. The smallest absolute Gasteiger partial charge is 0.226 e. The van der Waals surface area contributed by atoms with Gasteiger partial charge in [-0.1, -0.05) is 0 Å². The lowest BCUT2D eigenvalue weighted by molar-refractivity contribution is 0.110. The Morgan fingerprint density at radius 2 is 1.21 bits per heavy atom. The first kappa shape index (κ1) is 26.2. The fraction of sp³-hybridized carbons (Fsp3) is 0.455. The lowest BCUT2D eigenvalue weighted by atomic mass is 10.3. The number of rotatable bonds is 4. The van der Waals surface area contributed by atoms with E-state index < -0.39 is 0 Å². The summed E-state index contributed by atoms with van der Waals surface area (Å²) in [4.78, 5) is 51.2. The Morgan fingerprint density at radius 3 is 1.82 bits per heavy atom. The maximum atomic E-state index is 11.0. The number of ether oxygens (including phenoxy) is 2. The molecule has 4 aromatic heterocycles. The van der Waals surface area contributed by atoms with Crippen molar-refractivity contribution in [1.29, 1.82) is 0 Å². The van der Waals surface area contributed by atoms with Crippen LogP contribution in [0.3, 0.4) is 0 Å². The van der Waals surface area contributed by atoms with Gasteiger partial charge in [-0.05, 0) is 23.2 Å². The van der Waals surface area contributed by atoms with E-state index in [1.165, 1.54) is 0 Å². The van der Waals surface area contributed by atoms with Crippen LogP contribution in [-0.2, 0) is 23.6 Å². The zero-order valence-electron chi connectivity index (χ0n) is 20.7. The average molecular weight is 563 g/mol. The molecule has 6 rings (SSSR count). The summed E-state index contributed by atoms with van der Waals surface area (Å²) in [5, 5.41) is 0.277. The summed E-state index contributed by atoms with van der Waals surface area (Å²) in [6.45, 7) is 5.44. The second kappa shape index (κ2) is 11.1. The maximum Gasteiger partial charge on any atom is 0.226 e. The summed E-state index contributed by atoms with van der Waals surface area (Å²) >= 11 is 11.9. The van der Waals surface area contributed by atoms with Crippen molar-refractivity contribution in [2.24, 2.45) is 14.1 Å². The molecule has 0 amide bonds. The molecule has 2 saturated heterocycles. The Bertz CT molecular complexity index is 1490. The van der Waals surface area contributed by atoms with Gasteiger partial charge in [-0.25, -0.2) is 9.97 Å². The fourth-order valence-electron chi connectivity index (χ4n) is 4.32. The minimum absolute atomic E-state index is 0.129. The highest BCUT2D eigenvalue weighted by molar-refractivity contribution is 6.29. The second-order valence-corrected chi connectivity index (χ2v) is 9.15. The first-order valence-electron chi connectivity index (χ1n) is 11.8. The number of aldehydes is 2. The summed E-state index contributed by atoms with van der Waals surface area (Å²) < 4.78 is 13.9. The van der Waals surface area contributed by atoms with Crippen LogP contribution in [0.1, 0.15) is 21.2 Å². The first-order chi connectivity index (χ1) is 18.4. The summed E-state index contributed by atoms with van der Waals surface area (Å²) in [6, 6.07) is 0. The molecule has 0 aliphatic carbocycles. The highest BCUT2D eigenvalue weighted by atomic mass is 35.5. The Morgan fingerprint density at radius 1 is 0.684 bits per heavy atom. The van der Waals surface area contributed by atoms with Gasteiger partial charge in [0.1, 0.15) is 5.52 Å². The van der Waals surface area contributed by atoms with Crippen molar-refractivity contribution in [3.8, 4) is 0 Å². The SMILES string of the molecule is Cn1c(C=O)nc2c(N3CCOCC3)nc(Cl)nc21.Cn1c(C=O)nc2nc(Cl)nc(N3CCOCC3)c21. The molecule has 38 heavy (non-hydrogen) atoms. The summed E-state index contributed by atoms with van der Waals surface area (Å²) in [7, 11) is 3.49. The summed E-state index contributed by atoms with van der Waals surface area (Å²) in [6.07, 6.45) is 1.39.